The summed E-state index contributed by atoms with van der Waals surface area (Å²) in [6.07, 6.45) is 9.73. The average Bonchev–Trinajstić information content (AvgIpc) is 3.19. The highest BCUT2D eigenvalue weighted by Gasteiger charge is 2.32. The smallest absolute Gasteiger partial charge is 0.0906 e. The van der Waals surface area contributed by atoms with Crippen molar-refractivity contribution >= 4 is 12.0 Å². The van der Waals surface area contributed by atoms with Gasteiger partial charge in [-0.05, 0) is 83.0 Å². The zero-order chi connectivity index (χ0) is 20.3. The number of rotatable bonds is 7. The summed E-state index contributed by atoms with van der Waals surface area (Å²) in [7, 11) is 0. The van der Waals surface area contributed by atoms with Crippen molar-refractivity contribution in [3.05, 3.63) is 65.4 Å². The molecule has 3 nitrogen and oxygen atoms in total. The van der Waals surface area contributed by atoms with Gasteiger partial charge in [0, 0.05) is 5.70 Å². The van der Waals surface area contributed by atoms with E-state index in [9.17, 15) is 0 Å². The maximum absolute atomic E-state index is 8.18. The molecule has 2 aliphatic rings. The molecular formula is C25H35N3. The summed E-state index contributed by atoms with van der Waals surface area (Å²) in [5.41, 5.74) is 7.25. The molecule has 3 heteroatoms. The summed E-state index contributed by atoms with van der Waals surface area (Å²) in [4.78, 5) is 4.58. The van der Waals surface area contributed by atoms with Crippen molar-refractivity contribution in [1.29, 1.82) is 5.41 Å². The first-order valence-electron chi connectivity index (χ1n) is 10.6. The number of allylic oxidation sites excluding steroid dienone is 2. The Bertz CT molecular complexity index is 763. The number of hydrogen-bond donors (Lipinski definition) is 1. The van der Waals surface area contributed by atoms with Crippen LogP contribution < -0.4 is 4.90 Å². The lowest BCUT2D eigenvalue weighted by molar-refractivity contribution is 0.290. The molecule has 0 amide bonds. The van der Waals surface area contributed by atoms with E-state index in [-0.39, 0.29) is 6.04 Å². The summed E-state index contributed by atoms with van der Waals surface area (Å²) in [6.45, 7) is 17.3. The number of aryl methyl sites for hydroxylation is 2. The highest BCUT2D eigenvalue weighted by molar-refractivity contribution is 5.85. The molecule has 1 fully saturated rings. The van der Waals surface area contributed by atoms with Crippen molar-refractivity contribution in [2.24, 2.45) is 5.92 Å². The molecule has 2 unspecified atom stereocenters. The summed E-state index contributed by atoms with van der Waals surface area (Å²) < 4.78 is 0. The van der Waals surface area contributed by atoms with E-state index in [1.165, 1.54) is 47.9 Å². The van der Waals surface area contributed by atoms with Crippen LogP contribution in [0.2, 0.25) is 0 Å². The maximum Gasteiger partial charge on any atom is 0.0906 e. The highest BCUT2D eigenvalue weighted by atomic mass is 15.2. The second-order valence-electron chi connectivity index (χ2n) is 8.47. The molecule has 1 N–H and O–H groups in total. The number of benzene rings is 1. The Hall–Kier alpha value is -2.13. The standard InChI is InChI=1S/C25H35N3/c1-18(2)22-11-13-23(14-12-22)25(27-15-6-7-16-27)21(5)28(17-26)24-19(3)9-8-10-20(24)4/h8-10,13,17,22,25-26H,1,5-7,11-12,14-16H2,2-4H3. The molecule has 3 rings (SSSR count). The topological polar surface area (TPSA) is 30.3 Å². The maximum atomic E-state index is 8.18. The Kier molecular flexibility index (Phi) is 6.56. The van der Waals surface area contributed by atoms with Crippen LogP contribution in [0.3, 0.4) is 0 Å². The first kappa shape index (κ1) is 20.6. The van der Waals surface area contributed by atoms with Crippen LogP contribution in [0.1, 0.15) is 50.2 Å². The predicted octanol–water partition coefficient (Wildman–Crippen LogP) is 6.00. The molecule has 0 bridgehead atoms. The predicted molar refractivity (Wildman–Crippen MR) is 121 cm³/mol. The molecule has 1 heterocycles. The van der Waals surface area contributed by atoms with Crippen LogP contribution in [-0.4, -0.2) is 30.4 Å². The van der Waals surface area contributed by atoms with Crippen molar-refractivity contribution in [3.63, 3.8) is 0 Å². The SMILES string of the molecule is C=C(C)C1CC=C(C(C(=C)N(C=N)c2c(C)cccc2C)N2CCCC2)CC1. The van der Waals surface area contributed by atoms with Crippen molar-refractivity contribution in [2.45, 2.75) is 58.9 Å². The monoisotopic (exact) mass is 377 g/mol. The van der Waals surface area contributed by atoms with Gasteiger partial charge in [0.2, 0.25) is 0 Å². The number of anilines is 1. The van der Waals surface area contributed by atoms with Crippen LogP contribution in [0.4, 0.5) is 5.69 Å². The van der Waals surface area contributed by atoms with Gasteiger partial charge < -0.3 is 4.90 Å². The van der Waals surface area contributed by atoms with Crippen molar-refractivity contribution in [1.82, 2.24) is 4.90 Å². The second kappa shape index (κ2) is 8.91. The molecule has 28 heavy (non-hydrogen) atoms. The fraction of sp³-hybridized carbons (Fsp3) is 0.480. The molecule has 1 aromatic rings. The van der Waals surface area contributed by atoms with Gasteiger partial charge in [-0.1, -0.05) is 48.6 Å². The third kappa shape index (κ3) is 4.15. The quantitative estimate of drug-likeness (QED) is 0.359. The van der Waals surface area contributed by atoms with Crippen molar-refractivity contribution < 1.29 is 0 Å². The molecular weight excluding hydrogens is 342 g/mol. The van der Waals surface area contributed by atoms with E-state index in [0.29, 0.717) is 5.92 Å². The van der Waals surface area contributed by atoms with Crippen LogP contribution in [0.15, 0.2) is 54.3 Å². The minimum Gasteiger partial charge on any atom is -0.303 e. The molecule has 1 aliphatic heterocycles. The zero-order valence-corrected chi connectivity index (χ0v) is 17.8. The van der Waals surface area contributed by atoms with E-state index in [1.54, 1.807) is 0 Å². The average molecular weight is 378 g/mol. The van der Waals surface area contributed by atoms with Crippen LogP contribution in [0.5, 0.6) is 0 Å². The fourth-order valence-electron chi connectivity index (χ4n) is 4.82. The lowest BCUT2D eigenvalue weighted by Gasteiger charge is -2.38. The van der Waals surface area contributed by atoms with Gasteiger partial charge in [-0.2, -0.15) is 0 Å². The Morgan fingerprint density at radius 3 is 2.36 bits per heavy atom. The molecule has 0 spiro atoms. The normalized spacial score (nSPS) is 21.1. The van der Waals surface area contributed by atoms with E-state index in [2.05, 4.69) is 63.1 Å². The Labute approximate surface area is 170 Å². The molecule has 0 radical (unpaired) electrons. The largest absolute Gasteiger partial charge is 0.303 e. The van der Waals surface area contributed by atoms with Crippen LogP contribution >= 0.6 is 0 Å². The molecule has 1 saturated heterocycles. The highest BCUT2D eigenvalue weighted by Crippen LogP contribution is 2.37. The minimum atomic E-state index is 0.189. The number of para-hydroxylation sites is 1. The van der Waals surface area contributed by atoms with E-state index >= 15 is 0 Å². The molecule has 2 atom stereocenters. The summed E-state index contributed by atoms with van der Waals surface area (Å²) >= 11 is 0. The van der Waals surface area contributed by atoms with E-state index in [1.807, 2.05) is 4.90 Å². The molecule has 150 valence electrons. The van der Waals surface area contributed by atoms with Crippen LogP contribution in [0.25, 0.3) is 0 Å². The first-order chi connectivity index (χ1) is 13.4. The van der Waals surface area contributed by atoms with Gasteiger partial charge in [-0.25, -0.2) is 0 Å². The first-order valence-corrected chi connectivity index (χ1v) is 10.6. The number of nitrogens with zero attached hydrogens (tertiary/aromatic N) is 2. The lowest BCUT2D eigenvalue weighted by atomic mass is 9.82. The van der Waals surface area contributed by atoms with Crippen LogP contribution in [-0.2, 0) is 0 Å². The minimum absolute atomic E-state index is 0.189. The molecule has 0 aromatic heterocycles. The van der Waals surface area contributed by atoms with E-state index in [4.69, 9.17) is 5.41 Å². The van der Waals surface area contributed by atoms with Gasteiger partial charge in [0.05, 0.1) is 18.1 Å². The third-order valence-electron chi connectivity index (χ3n) is 6.43. The zero-order valence-electron chi connectivity index (χ0n) is 17.8. The number of likely N-dealkylation sites (tertiary alicyclic amines) is 1. The van der Waals surface area contributed by atoms with Crippen molar-refractivity contribution in [3.8, 4) is 0 Å². The number of nitrogens with one attached hydrogen (secondary N) is 1. The van der Waals surface area contributed by atoms with Gasteiger partial charge >= 0.3 is 0 Å². The van der Waals surface area contributed by atoms with Gasteiger partial charge in [-0.15, -0.1) is 0 Å². The molecule has 1 aliphatic carbocycles. The Morgan fingerprint density at radius 1 is 1.21 bits per heavy atom. The Morgan fingerprint density at radius 2 is 1.86 bits per heavy atom. The van der Waals surface area contributed by atoms with Gasteiger partial charge in [0.15, 0.2) is 0 Å². The molecule has 1 aromatic carbocycles. The lowest BCUT2D eigenvalue weighted by Crippen LogP contribution is -2.42. The van der Waals surface area contributed by atoms with Crippen LogP contribution in [0, 0.1) is 25.2 Å². The van der Waals surface area contributed by atoms with E-state index < -0.39 is 0 Å². The fourth-order valence-corrected chi connectivity index (χ4v) is 4.82. The van der Waals surface area contributed by atoms with Crippen molar-refractivity contribution in [2.75, 3.05) is 18.0 Å². The second-order valence-corrected chi connectivity index (χ2v) is 8.47. The van der Waals surface area contributed by atoms with Gasteiger partial charge in [0.1, 0.15) is 0 Å². The summed E-state index contributed by atoms with van der Waals surface area (Å²) in [5.74, 6) is 0.605. The Balaban J connectivity index is 1.95. The molecule has 0 saturated carbocycles. The van der Waals surface area contributed by atoms with Gasteiger partial charge in [-0.3, -0.25) is 10.3 Å². The summed E-state index contributed by atoms with van der Waals surface area (Å²) in [5, 5.41) is 8.18. The van der Waals surface area contributed by atoms with Gasteiger partial charge in [0.25, 0.3) is 0 Å². The third-order valence-corrected chi connectivity index (χ3v) is 6.43. The summed E-state index contributed by atoms with van der Waals surface area (Å²) in [6, 6.07) is 6.51. The number of hydrogen-bond acceptors (Lipinski definition) is 2. The van der Waals surface area contributed by atoms with E-state index in [0.717, 1.165) is 37.3 Å².